The van der Waals surface area contributed by atoms with Crippen LogP contribution in [-0.4, -0.2) is 50.6 Å². The van der Waals surface area contributed by atoms with Crippen molar-refractivity contribution in [1.29, 1.82) is 0 Å². The van der Waals surface area contributed by atoms with Gasteiger partial charge in [-0.2, -0.15) is 0 Å². The monoisotopic (exact) mass is 406 g/mol. The number of nitrogens with one attached hydrogen (secondary N) is 3. The highest BCUT2D eigenvalue weighted by molar-refractivity contribution is 7.15. The second-order valence-corrected chi connectivity index (χ2v) is 7.63. The molecule has 0 bridgehead atoms. The molecule has 0 saturated heterocycles. The Kier molecular flexibility index (Phi) is 6.48. The van der Waals surface area contributed by atoms with E-state index in [0.717, 1.165) is 17.7 Å². The topological polar surface area (TPSA) is 102 Å². The lowest BCUT2D eigenvalue weighted by atomic mass is 10.1. The third kappa shape index (κ3) is 5.20. The number of likely N-dealkylation sites (N-methyl/N-ethyl adjacent to an activating group) is 1. The van der Waals surface area contributed by atoms with E-state index < -0.39 is 5.97 Å². The second kappa shape index (κ2) is 9.03. The number of rotatable bonds is 9. The number of thiophene rings is 1. The summed E-state index contributed by atoms with van der Waals surface area (Å²) in [6, 6.07) is 3.77. The zero-order chi connectivity index (χ0) is 20.1. The molecule has 0 radical (unpaired) electrons. The van der Waals surface area contributed by atoms with Crippen molar-refractivity contribution >= 4 is 34.1 Å². The Balaban J connectivity index is 1.66. The summed E-state index contributed by atoms with van der Waals surface area (Å²) in [4.78, 5) is 37.5. The SMILES string of the molecule is CCOC(=O)c1c(-c2ccco2)csc1NC(=O)C[NH+](C)CC(=O)NC1CC1. The number of amides is 2. The molecule has 0 aliphatic heterocycles. The van der Waals surface area contributed by atoms with Gasteiger partial charge in [-0.1, -0.05) is 0 Å². The largest absolute Gasteiger partial charge is 0.464 e. The predicted octanol–water partition coefficient (Wildman–Crippen LogP) is 0.917. The summed E-state index contributed by atoms with van der Waals surface area (Å²) in [7, 11) is 1.78. The van der Waals surface area contributed by atoms with Crippen LogP contribution in [0.25, 0.3) is 11.3 Å². The van der Waals surface area contributed by atoms with Crippen molar-refractivity contribution in [2.24, 2.45) is 0 Å². The maximum atomic E-state index is 12.4. The first-order valence-electron chi connectivity index (χ1n) is 9.21. The van der Waals surface area contributed by atoms with Gasteiger partial charge in [0.1, 0.15) is 16.3 Å². The summed E-state index contributed by atoms with van der Waals surface area (Å²) in [6.45, 7) is 2.27. The molecule has 1 aliphatic rings. The standard InChI is InChI=1S/C19H23N3O5S/c1-3-26-19(25)17-13(14-5-4-8-27-14)11-28-18(17)21-16(24)10-22(2)9-15(23)20-12-6-7-12/h4-5,8,11-12H,3,6-7,9-10H2,1-2H3,(H,20,23)(H,21,24)/p+1. The lowest BCUT2D eigenvalue weighted by Gasteiger charge is -2.13. The van der Waals surface area contributed by atoms with Gasteiger partial charge in [0.15, 0.2) is 13.1 Å². The van der Waals surface area contributed by atoms with E-state index in [1.807, 2.05) is 0 Å². The number of carbonyl (C=O) groups is 3. The van der Waals surface area contributed by atoms with E-state index in [2.05, 4.69) is 10.6 Å². The van der Waals surface area contributed by atoms with Crippen LogP contribution in [0.1, 0.15) is 30.1 Å². The molecule has 1 atom stereocenters. The molecule has 150 valence electrons. The highest BCUT2D eigenvalue weighted by Crippen LogP contribution is 2.36. The van der Waals surface area contributed by atoms with Gasteiger partial charge in [0.05, 0.1) is 19.9 Å². The number of furan rings is 1. The zero-order valence-electron chi connectivity index (χ0n) is 15.9. The highest BCUT2D eigenvalue weighted by atomic mass is 32.1. The fourth-order valence-electron chi connectivity index (χ4n) is 2.76. The number of carbonyl (C=O) groups excluding carboxylic acids is 3. The van der Waals surface area contributed by atoms with Crippen molar-refractivity contribution in [2.75, 3.05) is 32.1 Å². The van der Waals surface area contributed by atoms with Crippen LogP contribution < -0.4 is 15.5 Å². The molecule has 1 unspecified atom stereocenters. The number of quaternary nitrogens is 1. The van der Waals surface area contributed by atoms with Crippen molar-refractivity contribution in [2.45, 2.75) is 25.8 Å². The first-order valence-corrected chi connectivity index (χ1v) is 10.1. The molecule has 1 aliphatic carbocycles. The van der Waals surface area contributed by atoms with Gasteiger partial charge in [0, 0.05) is 17.0 Å². The third-order valence-electron chi connectivity index (χ3n) is 4.18. The molecule has 2 heterocycles. The van der Waals surface area contributed by atoms with E-state index in [0.29, 0.717) is 22.4 Å². The summed E-state index contributed by atoms with van der Waals surface area (Å²) < 4.78 is 10.5. The van der Waals surface area contributed by atoms with Crippen molar-refractivity contribution < 1.29 is 28.4 Å². The summed E-state index contributed by atoms with van der Waals surface area (Å²) in [5.41, 5.74) is 0.854. The van der Waals surface area contributed by atoms with Crippen LogP contribution in [0, 0.1) is 0 Å². The molecular formula is C19H24N3O5S+. The van der Waals surface area contributed by atoms with Gasteiger partial charge >= 0.3 is 5.97 Å². The highest BCUT2D eigenvalue weighted by Gasteiger charge is 2.26. The van der Waals surface area contributed by atoms with E-state index in [1.54, 1.807) is 31.5 Å². The van der Waals surface area contributed by atoms with Crippen LogP contribution in [0.5, 0.6) is 0 Å². The molecule has 0 spiro atoms. The zero-order valence-corrected chi connectivity index (χ0v) is 16.7. The van der Waals surface area contributed by atoms with Gasteiger partial charge in [-0.05, 0) is 31.9 Å². The first-order chi connectivity index (χ1) is 13.5. The van der Waals surface area contributed by atoms with Gasteiger partial charge in [0.25, 0.3) is 11.8 Å². The van der Waals surface area contributed by atoms with E-state index in [9.17, 15) is 14.4 Å². The quantitative estimate of drug-likeness (QED) is 0.538. The molecule has 1 fully saturated rings. The molecule has 0 aromatic carbocycles. The maximum absolute atomic E-state index is 12.4. The third-order valence-corrected chi connectivity index (χ3v) is 5.07. The average molecular weight is 406 g/mol. The minimum absolute atomic E-state index is 0.0590. The Bertz CT molecular complexity index is 842. The fraction of sp³-hybridized carbons (Fsp3) is 0.421. The van der Waals surface area contributed by atoms with E-state index in [4.69, 9.17) is 9.15 Å². The van der Waals surface area contributed by atoms with Crippen LogP contribution in [0.3, 0.4) is 0 Å². The van der Waals surface area contributed by atoms with E-state index in [-0.39, 0.29) is 37.1 Å². The Morgan fingerprint density at radius 1 is 1.29 bits per heavy atom. The molecule has 8 nitrogen and oxygen atoms in total. The van der Waals surface area contributed by atoms with Gasteiger partial charge in [-0.15, -0.1) is 11.3 Å². The van der Waals surface area contributed by atoms with Crippen LogP contribution in [0.2, 0.25) is 0 Å². The Morgan fingerprint density at radius 3 is 2.68 bits per heavy atom. The summed E-state index contributed by atoms with van der Waals surface area (Å²) in [5.74, 6) is -0.333. The number of hydrogen-bond acceptors (Lipinski definition) is 6. The number of anilines is 1. The van der Waals surface area contributed by atoms with Crippen LogP contribution >= 0.6 is 11.3 Å². The number of esters is 1. The molecule has 2 amide bonds. The molecule has 28 heavy (non-hydrogen) atoms. The minimum atomic E-state index is -0.519. The van der Waals surface area contributed by atoms with Crippen molar-refractivity contribution in [3.63, 3.8) is 0 Å². The summed E-state index contributed by atoms with van der Waals surface area (Å²) >= 11 is 1.23. The lowest BCUT2D eigenvalue weighted by molar-refractivity contribution is -0.862. The Morgan fingerprint density at radius 2 is 2.04 bits per heavy atom. The normalized spacial score (nSPS) is 14.4. The molecule has 1 saturated carbocycles. The summed E-state index contributed by atoms with van der Waals surface area (Å²) in [6.07, 6.45) is 3.57. The number of hydrogen-bond donors (Lipinski definition) is 3. The van der Waals surface area contributed by atoms with Crippen molar-refractivity contribution in [3.8, 4) is 11.3 Å². The molecule has 9 heteroatoms. The first kappa shape index (κ1) is 20.1. The molecule has 3 rings (SSSR count). The lowest BCUT2D eigenvalue weighted by Crippen LogP contribution is -3.11. The fourth-order valence-corrected chi connectivity index (χ4v) is 3.71. The van der Waals surface area contributed by atoms with E-state index in [1.165, 1.54) is 17.6 Å². The smallest absolute Gasteiger partial charge is 0.341 e. The van der Waals surface area contributed by atoms with Crippen LogP contribution in [-0.2, 0) is 14.3 Å². The van der Waals surface area contributed by atoms with Crippen LogP contribution in [0.4, 0.5) is 5.00 Å². The average Bonchev–Trinajstić information content (AvgIpc) is 3.11. The molecule has 3 N–H and O–H groups in total. The predicted molar refractivity (Wildman–Crippen MR) is 104 cm³/mol. The van der Waals surface area contributed by atoms with E-state index >= 15 is 0 Å². The van der Waals surface area contributed by atoms with Crippen molar-refractivity contribution in [3.05, 3.63) is 29.3 Å². The van der Waals surface area contributed by atoms with Gasteiger partial charge in [-0.25, -0.2) is 4.79 Å². The molecule has 2 aromatic heterocycles. The Hall–Kier alpha value is -2.65. The minimum Gasteiger partial charge on any atom is -0.464 e. The van der Waals surface area contributed by atoms with Gasteiger partial charge in [0.2, 0.25) is 0 Å². The maximum Gasteiger partial charge on any atom is 0.341 e. The molecular weight excluding hydrogens is 382 g/mol. The van der Waals surface area contributed by atoms with Crippen molar-refractivity contribution in [1.82, 2.24) is 5.32 Å². The van der Waals surface area contributed by atoms with Gasteiger partial charge in [-0.3, -0.25) is 9.59 Å². The number of ether oxygens (including phenoxy) is 1. The second-order valence-electron chi connectivity index (χ2n) is 6.75. The van der Waals surface area contributed by atoms with Gasteiger partial charge < -0.3 is 24.7 Å². The Labute approximate surface area is 166 Å². The summed E-state index contributed by atoms with van der Waals surface area (Å²) in [5, 5.41) is 7.84. The van der Waals surface area contributed by atoms with Crippen LogP contribution in [0.15, 0.2) is 28.2 Å². The molecule has 2 aromatic rings.